The van der Waals surface area contributed by atoms with Crippen molar-refractivity contribution in [2.24, 2.45) is 0 Å². The summed E-state index contributed by atoms with van der Waals surface area (Å²) in [4.78, 5) is 23.3. The largest absolute Gasteiger partial charge is 0.486 e. The summed E-state index contributed by atoms with van der Waals surface area (Å²) in [5.41, 5.74) is 1.01. The minimum Gasteiger partial charge on any atom is -0.486 e. The van der Waals surface area contributed by atoms with Gasteiger partial charge in [0.15, 0.2) is 0 Å². The van der Waals surface area contributed by atoms with Crippen molar-refractivity contribution in [3.8, 4) is 11.8 Å². The van der Waals surface area contributed by atoms with Crippen LogP contribution in [0.25, 0.3) is 0 Å². The van der Waals surface area contributed by atoms with E-state index in [1.165, 1.54) is 0 Å². The number of esters is 1. The first-order chi connectivity index (χ1) is 10.7. The van der Waals surface area contributed by atoms with E-state index in [0.717, 1.165) is 0 Å². The number of ether oxygens (including phenoxy) is 2. The third-order valence-corrected chi connectivity index (χ3v) is 2.96. The molecule has 1 aromatic rings. The zero-order valence-corrected chi connectivity index (χ0v) is 12.0. The average Bonchev–Trinajstić information content (AvgIpc) is 2.53. The fourth-order valence-corrected chi connectivity index (χ4v) is 1.90. The molecule has 1 heterocycles. The maximum Gasteiger partial charge on any atom is 0.337 e. The fourth-order valence-electron chi connectivity index (χ4n) is 1.90. The molecule has 2 amide bonds. The van der Waals surface area contributed by atoms with Crippen LogP contribution in [-0.2, 0) is 9.53 Å². The van der Waals surface area contributed by atoms with Crippen molar-refractivity contribution < 1.29 is 19.1 Å². The van der Waals surface area contributed by atoms with Crippen LogP contribution in [-0.4, -0.2) is 31.8 Å². The second kappa shape index (κ2) is 7.13. The molecular formula is C15H15N3O4. The topological polar surface area (TPSA) is 100 Å². The molecule has 0 unspecified atom stereocenters. The summed E-state index contributed by atoms with van der Waals surface area (Å²) in [5, 5.41) is 14.1. The van der Waals surface area contributed by atoms with Crippen LogP contribution in [0.3, 0.4) is 0 Å². The van der Waals surface area contributed by atoms with E-state index < -0.39 is 12.0 Å². The molecule has 0 fully saturated rings. The number of hydrogen-bond acceptors (Lipinski definition) is 5. The monoisotopic (exact) mass is 301 g/mol. The van der Waals surface area contributed by atoms with Gasteiger partial charge in [0.2, 0.25) is 0 Å². The summed E-state index contributed by atoms with van der Waals surface area (Å²) in [6, 6.07) is 8.32. The molecule has 1 aromatic carbocycles. The number of nitrogens with zero attached hydrogens (tertiary/aromatic N) is 1. The summed E-state index contributed by atoms with van der Waals surface area (Å²) in [7, 11) is 0. The predicted octanol–water partition coefficient (Wildman–Crippen LogP) is 1.07. The smallest absolute Gasteiger partial charge is 0.337 e. The van der Waals surface area contributed by atoms with Crippen molar-refractivity contribution in [1.29, 1.82) is 5.26 Å². The molecule has 1 aliphatic heterocycles. The lowest BCUT2D eigenvalue weighted by molar-refractivity contribution is -0.138. The number of nitrogens with one attached hydrogen (secondary N) is 2. The highest BCUT2D eigenvalue weighted by Gasteiger charge is 2.24. The van der Waals surface area contributed by atoms with Gasteiger partial charge in [-0.25, -0.2) is 9.59 Å². The average molecular weight is 301 g/mol. The van der Waals surface area contributed by atoms with Gasteiger partial charge in [0.25, 0.3) is 0 Å². The molecular weight excluding hydrogens is 286 g/mol. The molecule has 0 aromatic heterocycles. The first kappa shape index (κ1) is 15.4. The Kier molecular flexibility index (Phi) is 4.98. The molecule has 0 saturated carbocycles. The summed E-state index contributed by atoms with van der Waals surface area (Å²) in [6.45, 7) is 1.97. The van der Waals surface area contributed by atoms with Crippen LogP contribution < -0.4 is 15.4 Å². The second-order valence-corrected chi connectivity index (χ2v) is 4.38. The van der Waals surface area contributed by atoms with Crippen LogP contribution in [0, 0.1) is 11.3 Å². The third kappa shape index (κ3) is 3.55. The van der Waals surface area contributed by atoms with E-state index in [1.807, 2.05) is 6.07 Å². The molecule has 0 radical (unpaired) electrons. The molecule has 0 spiro atoms. The standard InChI is InChI=1S/C15H15N3O4/c1-2-21-14(19)11-8-17-15(20)18-12(11)9-22-13-6-4-3-5-10(13)7-16/h3-6H,2,8-9H2,1H3,(H2,17,18,20). The Morgan fingerprint density at radius 2 is 2.18 bits per heavy atom. The van der Waals surface area contributed by atoms with Gasteiger partial charge in [-0.3, -0.25) is 0 Å². The number of amides is 2. The van der Waals surface area contributed by atoms with Crippen molar-refractivity contribution in [1.82, 2.24) is 10.6 Å². The molecule has 0 bridgehead atoms. The molecule has 114 valence electrons. The van der Waals surface area contributed by atoms with E-state index in [9.17, 15) is 9.59 Å². The first-order valence-corrected chi connectivity index (χ1v) is 6.71. The molecule has 2 N–H and O–H groups in total. The fraction of sp³-hybridized carbons (Fsp3) is 0.267. The molecule has 0 atom stereocenters. The highest BCUT2D eigenvalue weighted by molar-refractivity contribution is 5.93. The number of nitriles is 1. The van der Waals surface area contributed by atoms with Gasteiger partial charge in [0.1, 0.15) is 18.4 Å². The van der Waals surface area contributed by atoms with Gasteiger partial charge in [-0.05, 0) is 19.1 Å². The van der Waals surface area contributed by atoms with Crippen molar-refractivity contribution in [3.63, 3.8) is 0 Å². The van der Waals surface area contributed by atoms with Gasteiger partial charge in [-0.15, -0.1) is 0 Å². The van der Waals surface area contributed by atoms with E-state index in [2.05, 4.69) is 10.6 Å². The molecule has 7 heteroatoms. The lowest BCUT2D eigenvalue weighted by Crippen LogP contribution is -2.45. The zero-order chi connectivity index (χ0) is 15.9. The molecule has 22 heavy (non-hydrogen) atoms. The van der Waals surface area contributed by atoms with Crippen LogP contribution in [0.5, 0.6) is 5.75 Å². The Morgan fingerprint density at radius 1 is 1.41 bits per heavy atom. The van der Waals surface area contributed by atoms with Crippen LogP contribution >= 0.6 is 0 Å². The number of carbonyl (C=O) groups is 2. The maximum absolute atomic E-state index is 11.9. The normalized spacial score (nSPS) is 13.7. The Hall–Kier alpha value is -3.01. The van der Waals surface area contributed by atoms with Crippen molar-refractivity contribution in [2.75, 3.05) is 19.8 Å². The molecule has 7 nitrogen and oxygen atoms in total. The SMILES string of the molecule is CCOC(=O)C1=C(COc2ccccc2C#N)NC(=O)NC1. The van der Waals surface area contributed by atoms with Gasteiger partial charge in [-0.1, -0.05) is 12.1 Å². The van der Waals surface area contributed by atoms with Crippen molar-refractivity contribution >= 4 is 12.0 Å². The summed E-state index contributed by atoms with van der Waals surface area (Å²) >= 11 is 0. The number of benzene rings is 1. The quantitative estimate of drug-likeness (QED) is 0.792. The Morgan fingerprint density at radius 3 is 2.91 bits per heavy atom. The highest BCUT2D eigenvalue weighted by Crippen LogP contribution is 2.18. The van der Waals surface area contributed by atoms with Crippen molar-refractivity contribution in [2.45, 2.75) is 6.92 Å². The summed E-state index contributed by atoms with van der Waals surface area (Å²) < 4.78 is 10.5. The van der Waals surface area contributed by atoms with E-state index in [1.54, 1.807) is 31.2 Å². The van der Waals surface area contributed by atoms with Crippen molar-refractivity contribution in [3.05, 3.63) is 41.1 Å². The summed E-state index contributed by atoms with van der Waals surface area (Å²) in [5.74, 6) is -0.129. The minimum absolute atomic E-state index is 0.0414. The van der Waals surface area contributed by atoms with Crippen LogP contribution in [0.1, 0.15) is 12.5 Å². The molecule has 0 saturated heterocycles. The van der Waals surface area contributed by atoms with Gasteiger partial charge < -0.3 is 20.1 Å². The van der Waals surface area contributed by atoms with Gasteiger partial charge in [-0.2, -0.15) is 5.26 Å². The van der Waals surface area contributed by atoms with Crippen LogP contribution in [0.2, 0.25) is 0 Å². The molecule has 0 aliphatic carbocycles. The van der Waals surface area contributed by atoms with E-state index in [-0.39, 0.29) is 19.8 Å². The predicted molar refractivity (Wildman–Crippen MR) is 76.8 cm³/mol. The lowest BCUT2D eigenvalue weighted by Gasteiger charge is -2.21. The van der Waals surface area contributed by atoms with Gasteiger partial charge in [0, 0.05) is 0 Å². The van der Waals surface area contributed by atoms with Crippen LogP contribution in [0.4, 0.5) is 4.79 Å². The minimum atomic E-state index is -0.512. The number of hydrogen-bond donors (Lipinski definition) is 2. The Bertz CT molecular complexity index is 661. The number of para-hydroxylation sites is 1. The number of rotatable bonds is 5. The summed E-state index contributed by atoms with van der Waals surface area (Å²) in [6.07, 6.45) is 0. The Labute approximate surface area is 127 Å². The van der Waals surface area contributed by atoms with E-state index >= 15 is 0 Å². The molecule has 1 aliphatic rings. The number of carbonyl (C=O) groups excluding carboxylic acids is 2. The van der Waals surface area contributed by atoms with Gasteiger partial charge in [0.05, 0.1) is 30.0 Å². The van der Waals surface area contributed by atoms with Crippen LogP contribution in [0.15, 0.2) is 35.5 Å². The van der Waals surface area contributed by atoms with E-state index in [0.29, 0.717) is 22.6 Å². The lowest BCUT2D eigenvalue weighted by atomic mass is 10.1. The zero-order valence-electron chi connectivity index (χ0n) is 12.0. The third-order valence-electron chi connectivity index (χ3n) is 2.96. The maximum atomic E-state index is 11.9. The number of urea groups is 1. The van der Waals surface area contributed by atoms with E-state index in [4.69, 9.17) is 14.7 Å². The highest BCUT2D eigenvalue weighted by atomic mass is 16.5. The first-order valence-electron chi connectivity index (χ1n) is 6.71. The van der Waals surface area contributed by atoms with Gasteiger partial charge >= 0.3 is 12.0 Å². The Balaban J connectivity index is 2.18. The molecule has 2 rings (SSSR count). The second-order valence-electron chi connectivity index (χ2n) is 4.38.